The molecule has 0 radical (unpaired) electrons. The fraction of sp³-hybridized carbons (Fsp3) is 0.250. The average molecular weight is 498 g/mol. The van der Waals surface area contributed by atoms with Crippen LogP contribution in [-0.2, 0) is 0 Å². The molecule has 8 heteroatoms. The molecule has 28 heavy (non-hydrogen) atoms. The Balaban J connectivity index is 2.06. The maximum atomic E-state index is 13.2. The Hall–Kier alpha value is -2.62. The largest absolute Gasteiger partial charge is 0.493 e. The first-order valence-electron chi connectivity index (χ1n) is 8.25. The average Bonchev–Trinajstić information content (AvgIpc) is 2.73. The molecule has 0 N–H and O–H groups in total. The van der Waals surface area contributed by atoms with E-state index < -0.39 is 0 Å². The number of methoxy groups -OCH3 is 4. The lowest BCUT2D eigenvalue weighted by Crippen LogP contribution is -2.20. The highest BCUT2D eigenvalue weighted by atomic mass is 127. The number of carbonyl (C=O) groups is 1. The van der Waals surface area contributed by atoms with E-state index >= 15 is 0 Å². The summed E-state index contributed by atoms with van der Waals surface area (Å²) in [6.07, 6.45) is 1.75. The predicted octanol–water partition coefficient (Wildman–Crippen LogP) is 4.11. The number of ether oxygens (including phenoxy) is 5. The third-order valence-corrected chi connectivity index (χ3v) is 4.78. The maximum absolute atomic E-state index is 13.2. The summed E-state index contributed by atoms with van der Waals surface area (Å²) in [5.74, 6) is 2.40. The summed E-state index contributed by atoms with van der Waals surface area (Å²) >= 11 is 1.79. The summed E-state index contributed by atoms with van der Waals surface area (Å²) in [7, 11) is 6.02. The van der Waals surface area contributed by atoms with Gasteiger partial charge >= 0.3 is 0 Å². The summed E-state index contributed by atoms with van der Waals surface area (Å²) in [5, 5.41) is 0. The maximum Gasteiger partial charge on any atom is 0.204 e. The lowest BCUT2D eigenvalue weighted by molar-refractivity contribution is 0.0996. The number of halogens is 1. The standard InChI is InChI=1S/C20H19IO7/c1-23-14-8-11(5-6-13(14)28-21)7-12-10-27-15-9-16(24-2)19(25-3)20(26-4)17(15)18(12)22/h5-9H,10H2,1-4H3/b12-7+. The Morgan fingerprint density at radius 1 is 0.929 bits per heavy atom. The second kappa shape index (κ2) is 8.59. The molecule has 0 amide bonds. The van der Waals surface area contributed by atoms with E-state index in [0.717, 1.165) is 5.56 Å². The minimum atomic E-state index is -0.202. The van der Waals surface area contributed by atoms with Gasteiger partial charge in [-0.2, -0.15) is 0 Å². The van der Waals surface area contributed by atoms with Crippen LogP contribution in [0, 0.1) is 0 Å². The molecule has 0 saturated heterocycles. The zero-order valence-electron chi connectivity index (χ0n) is 15.8. The van der Waals surface area contributed by atoms with Crippen LogP contribution in [0.5, 0.6) is 34.5 Å². The molecule has 0 atom stereocenters. The van der Waals surface area contributed by atoms with Gasteiger partial charge in [-0.25, -0.2) is 0 Å². The third kappa shape index (κ3) is 3.56. The van der Waals surface area contributed by atoms with Crippen molar-refractivity contribution >= 4 is 34.9 Å². The molecule has 2 aromatic rings. The number of ketones is 1. The Kier molecular flexibility index (Phi) is 6.18. The molecule has 2 aromatic carbocycles. The van der Waals surface area contributed by atoms with Gasteiger partial charge in [0.15, 0.2) is 51.8 Å². The second-order valence-corrected chi connectivity index (χ2v) is 6.23. The fourth-order valence-electron chi connectivity index (χ4n) is 2.99. The first kappa shape index (κ1) is 20.1. The van der Waals surface area contributed by atoms with Crippen molar-refractivity contribution in [2.75, 3.05) is 35.0 Å². The van der Waals surface area contributed by atoms with Crippen LogP contribution in [0.1, 0.15) is 15.9 Å². The van der Waals surface area contributed by atoms with Crippen LogP contribution >= 0.6 is 23.0 Å². The summed E-state index contributed by atoms with van der Waals surface area (Å²) in [6.45, 7) is 0.122. The van der Waals surface area contributed by atoms with Crippen molar-refractivity contribution in [2.45, 2.75) is 0 Å². The third-order valence-electron chi connectivity index (χ3n) is 4.31. The van der Waals surface area contributed by atoms with Crippen LogP contribution in [0.2, 0.25) is 0 Å². The number of benzene rings is 2. The smallest absolute Gasteiger partial charge is 0.204 e. The van der Waals surface area contributed by atoms with Crippen LogP contribution in [-0.4, -0.2) is 40.8 Å². The van der Waals surface area contributed by atoms with Gasteiger partial charge in [0.05, 0.1) is 28.4 Å². The Morgan fingerprint density at radius 3 is 2.25 bits per heavy atom. The first-order valence-corrected chi connectivity index (χ1v) is 9.13. The van der Waals surface area contributed by atoms with E-state index in [4.69, 9.17) is 26.8 Å². The van der Waals surface area contributed by atoms with Crippen LogP contribution in [0.4, 0.5) is 0 Å². The van der Waals surface area contributed by atoms with E-state index in [1.807, 2.05) is 6.07 Å². The zero-order chi connectivity index (χ0) is 20.3. The number of Topliss-reactive ketones (excluding diaryl/α,β-unsaturated/α-hetero) is 1. The van der Waals surface area contributed by atoms with Gasteiger partial charge in [0.1, 0.15) is 17.9 Å². The number of hydrogen-bond donors (Lipinski definition) is 0. The van der Waals surface area contributed by atoms with Crippen molar-refractivity contribution in [1.82, 2.24) is 0 Å². The number of fused-ring (bicyclic) bond motifs is 1. The van der Waals surface area contributed by atoms with Gasteiger partial charge < -0.3 is 26.8 Å². The van der Waals surface area contributed by atoms with Crippen molar-refractivity contribution < 1.29 is 31.5 Å². The Bertz CT molecular complexity index is 937. The highest BCUT2D eigenvalue weighted by Crippen LogP contribution is 2.47. The Labute approximate surface area is 176 Å². The van der Waals surface area contributed by atoms with Crippen molar-refractivity contribution in [3.63, 3.8) is 0 Å². The fourth-order valence-corrected chi connectivity index (χ4v) is 3.35. The molecule has 0 saturated carbocycles. The van der Waals surface area contributed by atoms with Crippen LogP contribution in [0.3, 0.4) is 0 Å². The van der Waals surface area contributed by atoms with Crippen molar-refractivity contribution in [3.8, 4) is 34.5 Å². The van der Waals surface area contributed by atoms with E-state index in [9.17, 15) is 4.79 Å². The van der Waals surface area contributed by atoms with Gasteiger partial charge in [0, 0.05) is 11.6 Å². The topological polar surface area (TPSA) is 72.5 Å². The molecular formula is C20H19IO7. The highest BCUT2D eigenvalue weighted by Gasteiger charge is 2.32. The lowest BCUT2D eigenvalue weighted by atomic mass is 9.96. The second-order valence-electron chi connectivity index (χ2n) is 5.79. The molecule has 1 aliphatic rings. The Morgan fingerprint density at radius 2 is 1.64 bits per heavy atom. The van der Waals surface area contributed by atoms with Gasteiger partial charge in [0.2, 0.25) is 5.75 Å². The van der Waals surface area contributed by atoms with E-state index in [0.29, 0.717) is 39.9 Å². The quantitative estimate of drug-likeness (QED) is 0.439. The van der Waals surface area contributed by atoms with Crippen LogP contribution in [0.15, 0.2) is 29.8 Å². The van der Waals surface area contributed by atoms with E-state index in [-0.39, 0.29) is 18.1 Å². The summed E-state index contributed by atoms with van der Waals surface area (Å²) in [4.78, 5) is 13.2. The van der Waals surface area contributed by atoms with Crippen molar-refractivity contribution in [3.05, 3.63) is 41.0 Å². The summed E-state index contributed by atoms with van der Waals surface area (Å²) in [5.41, 5.74) is 1.56. The summed E-state index contributed by atoms with van der Waals surface area (Å²) in [6, 6.07) is 7.02. The van der Waals surface area contributed by atoms with E-state index in [2.05, 4.69) is 0 Å². The van der Waals surface area contributed by atoms with E-state index in [1.54, 1.807) is 54.4 Å². The molecule has 3 rings (SSSR count). The molecule has 0 bridgehead atoms. The summed E-state index contributed by atoms with van der Waals surface area (Å²) < 4.78 is 32.5. The lowest BCUT2D eigenvalue weighted by Gasteiger charge is -2.23. The molecule has 1 aliphatic heterocycles. The molecule has 0 unspecified atom stereocenters. The molecule has 0 spiro atoms. The van der Waals surface area contributed by atoms with Gasteiger partial charge in [0.25, 0.3) is 0 Å². The van der Waals surface area contributed by atoms with Gasteiger partial charge in [-0.05, 0) is 23.8 Å². The number of hydrogen-bond acceptors (Lipinski definition) is 7. The molecule has 0 aromatic heterocycles. The normalized spacial score (nSPS) is 14.2. The number of rotatable bonds is 6. The zero-order valence-corrected chi connectivity index (χ0v) is 18.0. The van der Waals surface area contributed by atoms with Gasteiger partial charge in [-0.1, -0.05) is 6.07 Å². The molecule has 1 heterocycles. The first-order chi connectivity index (χ1) is 13.6. The number of carbonyl (C=O) groups excluding carboxylic acids is 1. The molecule has 148 valence electrons. The molecule has 0 fully saturated rings. The SMILES string of the molecule is COc1cc(/C=C2\COc3cc(OC)c(OC)c(OC)c3C2=O)ccc1OI. The molecular weight excluding hydrogens is 479 g/mol. The van der Waals surface area contributed by atoms with Crippen LogP contribution in [0.25, 0.3) is 6.08 Å². The minimum absolute atomic E-state index is 0.122. The molecule has 7 nitrogen and oxygen atoms in total. The van der Waals surface area contributed by atoms with Crippen LogP contribution < -0.4 is 26.8 Å². The van der Waals surface area contributed by atoms with Gasteiger partial charge in [-0.15, -0.1) is 0 Å². The van der Waals surface area contributed by atoms with Crippen molar-refractivity contribution in [2.24, 2.45) is 0 Å². The van der Waals surface area contributed by atoms with Gasteiger partial charge in [-0.3, -0.25) is 4.79 Å². The highest BCUT2D eigenvalue weighted by molar-refractivity contribution is 14.1. The van der Waals surface area contributed by atoms with E-state index in [1.165, 1.54) is 21.3 Å². The minimum Gasteiger partial charge on any atom is -0.493 e. The van der Waals surface area contributed by atoms with Crippen molar-refractivity contribution in [1.29, 1.82) is 0 Å². The monoisotopic (exact) mass is 498 g/mol. The predicted molar refractivity (Wildman–Crippen MR) is 112 cm³/mol. The molecule has 0 aliphatic carbocycles.